The number of halogens is 3. The minimum atomic E-state index is -0.210. The molecule has 6 heteroatoms. The second-order valence-electron chi connectivity index (χ2n) is 6.61. The van der Waals surface area contributed by atoms with Crippen molar-refractivity contribution in [3.8, 4) is 0 Å². The van der Waals surface area contributed by atoms with Gasteiger partial charge in [0.25, 0.3) is 5.91 Å². The number of rotatable bonds is 3. The SMILES string of the molecule is Cc1ccc(N2C(=O)/C(=C\c3ccc(Cl)cc3Cl)N=C2c2ccc(Br)cc2)cc1. The Morgan fingerprint density at radius 1 is 0.966 bits per heavy atom. The molecule has 1 aliphatic rings. The van der Waals surface area contributed by atoms with Crippen molar-refractivity contribution in [2.75, 3.05) is 4.90 Å². The van der Waals surface area contributed by atoms with E-state index in [9.17, 15) is 4.79 Å². The molecule has 0 spiro atoms. The minimum absolute atomic E-state index is 0.210. The van der Waals surface area contributed by atoms with Crippen LogP contribution < -0.4 is 4.90 Å². The molecule has 0 aliphatic carbocycles. The summed E-state index contributed by atoms with van der Waals surface area (Å²) in [5.41, 5.74) is 3.71. The van der Waals surface area contributed by atoms with Crippen LogP contribution in [0.5, 0.6) is 0 Å². The molecule has 0 saturated carbocycles. The zero-order valence-electron chi connectivity index (χ0n) is 15.4. The summed E-state index contributed by atoms with van der Waals surface area (Å²) in [6.45, 7) is 2.01. The van der Waals surface area contributed by atoms with E-state index in [1.165, 1.54) is 0 Å². The molecule has 4 rings (SSSR count). The van der Waals surface area contributed by atoms with Gasteiger partial charge in [0, 0.05) is 20.1 Å². The third-order valence-electron chi connectivity index (χ3n) is 4.51. The van der Waals surface area contributed by atoms with Crippen LogP contribution in [0.2, 0.25) is 10.0 Å². The Hall–Kier alpha value is -2.40. The molecule has 0 unspecified atom stereocenters. The van der Waals surface area contributed by atoms with Gasteiger partial charge in [-0.05, 0) is 55.0 Å². The molecular weight excluding hydrogens is 471 g/mol. The van der Waals surface area contributed by atoms with E-state index < -0.39 is 0 Å². The van der Waals surface area contributed by atoms with E-state index in [2.05, 4.69) is 20.9 Å². The number of aryl methyl sites for hydroxylation is 1. The number of hydrogen-bond acceptors (Lipinski definition) is 2. The predicted molar refractivity (Wildman–Crippen MR) is 124 cm³/mol. The van der Waals surface area contributed by atoms with Crippen LogP contribution in [0, 0.1) is 6.92 Å². The van der Waals surface area contributed by atoms with E-state index in [-0.39, 0.29) is 5.91 Å². The van der Waals surface area contributed by atoms with Crippen LogP contribution in [0.3, 0.4) is 0 Å². The lowest BCUT2D eigenvalue weighted by molar-refractivity contribution is -0.113. The molecule has 0 bridgehead atoms. The molecule has 3 aromatic rings. The highest BCUT2D eigenvalue weighted by Crippen LogP contribution is 2.30. The maximum Gasteiger partial charge on any atom is 0.282 e. The first-order chi connectivity index (χ1) is 13.9. The topological polar surface area (TPSA) is 32.7 Å². The lowest BCUT2D eigenvalue weighted by Crippen LogP contribution is -2.32. The summed E-state index contributed by atoms with van der Waals surface area (Å²) in [6, 6.07) is 20.6. The molecule has 29 heavy (non-hydrogen) atoms. The lowest BCUT2D eigenvalue weighted by Gasteiger charge is -2.18. The smallest absolute Gasteiger partial charge is 0.266 e. The van der Waals surface area contributed by atoms with Crippen molar-refractivity contribution in [2.24, 2.45) is 4.99 Å². The summed E-state index contributed by atoms with van der Waals surface area (Å²) < 4.78 is 0.955. The molecule has 3 nitrogen and oxygen atoms in total. The van der Waals surface area contributed by atoms with Gasteiger partial charge in [0.2, 0.25) is 0 Å². The Morgan fingerprint density at radius 3 is 2.31 bits per heavy atom. The molecule has 0 aromatic heterocycles. The highest BCUT2D eigenvalue weighted by Gasteiger charge is 2.32. The third kappa shape index (κ3) is 4.15. The van der Waals surface area contributed by atoms with Crippen LogP contribution in [-0.4, -0.2) is 11.7 Å². The fraction of sp³-hybridized carbons (Fsp3) is 0.0435. The van der Waals surface area contributed by atoms with Gasteiger partial charge in [-0.3, -0.25) is 9.69 Å². The van der Waals surface area contributed by atoms with Crippen molar-refractivity contribution in [1.82, 2.24) is 0 Å². The first-order valence-corrected chi connectivity index (χ1v) is 10.4. The van der Waals surface area contributed by atoms with Gasteiger partial charge in [0.1, 0.15) is 11.5 Å². The number of hydrogen-bond donors (Lipinski definition) is 0. The Kier molecular flexibility index (Phi) is 5.59. The molecule has 3 aromatic carbocycles. The number of nitrogens with zero attached hydrogens (tertiary/aromatic N) is 2. The molecule has 1 amide bonds. The van der Waals surface area contributed by atoms with Crippen molar-refractivity contribution in [3.05, 3.63) is 104 Å². The number of anilines is 1. The van der Waals surface area contributed by atoms with Gasteiger partial charge in [-0.1, -0.05) is 75.0 Å². The van der Waals surface area contributed by atoms with Crippen LogP contribution in [0.4, 0.5) is 5.69 Å². The molecule has 1 heterocycles. The van der Waals surface area contributed by atoms with E-state index in [1.807, 2.05) is 55.5 Å². The maximum atomic E-state index is 13.3. The summed E-state index contributed by atoms with van der Waals surface area (Å²) in [6.07, 6.45) is 1.69. The monoisotopic (exact) mass is 484 g/mol. The highest BCUT2D eigenvalue weighted by atomic mass is 79.9. The van der Waals surface area contributed by atoms with Crippen molar-refractivity contribution in [3.63, 3.8) is 0 Å². The van der Waals surface area contributed by atoms with Gasteiger partial charge in [-0.25, -0.2) is 4.99 Å². The van der Waals surface area contributed by atoms with Gasteiger partial charge >= 0.3 is 0 Å². The van der Waals surface area contributed by atoms with Gasteiger partial charge in [-0.15, -0.1) is 0 Å². The highest BCUT2D eigenvalue weighted by molar-refractivity contribution is 9.10. The average molecular weight is 486 g/mol. The first-order valence-electron chi connectivity index (χ1n) is 8.85. The summed E-state index contributed by atoms with van der Waals surface area (Å²) in [5, 5.41) is 1.00. The largest absolute Gasteiger partial charge is 0.282 e. The zero-order chi connectivity index (χ0) is 20.5. The Morgan fingerprint density at radius 2 is 1.66 bits per heavy atom. The first kappa shape index (κ1) is 19.9. The average Bonchev–Trinajstić information content (AvgIpc) is 3.01. The van der Waals surface area contributed by atoms with Crippen molar-refractivity contribution < 1.29 is 4.79 Å². The quantitative estimate of drug-likeness (QED) is 0.371. The van der Waals surface area contributed by atoms with Crippen molar-refractivity contribution in [2.45, 2.75) is 6.92 Å². The Balaban J connectivity index is 1.83. The zero-order valence-corrected chi connectivity index (χ0v) is 18.5. The summed E-state index contributed by atoms with van der Waals surface area (Å²) in [7, 11) is 0. The molecule has 0 radical (unpaired) electrons. The minimum Gasteiger partial charge on any atom is -0.266 e. The second kappa shape index (κ2) is 8.15. The fourth-order valence-electron chi connectivity index (χ4n) is 3.01. The molecule has 144 valence electrons. The fourth-order valence-corrected chi connectivity index (χ4v) is 3.74. The van der Waals surface area contributed by atoms with E-state index >= 15 is 0 Å². The van der Waals surface area contributed by atoms with E-state index in [1.54, 1.807) is 29.2 Å². The summed E-state index contributed by atoms with van der Waals surface area (Å²) in [4.78, 5) is 19.6. The Labute approximate surface area is 187 Å². The van der Waals surface area contributed by atoms with Crippen LogP contribution in [-0.2, 0) is 4.79 Å². The number of aliphatic imine (C=N–C) groups is 1. The van der Waals surface area contributed by atoms with Crippen molar-refractivity contribution in [1.29, 1.82) is 0 Å². The lowest BCUT2D eigenvalue weighted by atomic mass is 10.1. The summed E-state index contributed by atoms with van der Waals surface area (Å²) in [5.74, 6) is 0.362. The summed E-state index contributed by atoms with van der Waals surface area (Å²) >= 11 is 15.7. The molecule has 0 fully saturated rings. The predicted octanol–water partition coefficient (Wildman–Crippen LogP) is 6.90. The van der Waals surface area contributed by atoms with E-state index in [0.29, 0.717) is 27.1 Å². The van der Waals surface area contributed by atoms with Gasteiger partial charge in [-0.2, -0.15) is 0 Å². The van der Waals surface area contributed by atoms with Crippen LogP contribution in [0.15, 0.2) is 81.9 Å². The van der Waals surface area contributed by atoms with E-state index in [4.69, 9.17) is 23.2 Å². The third-order valence-corrected chi connectivity index (χ3v) is 5.60. The standard InChI is InChI=1S/C23H15BrCl2N2O/c1-14-2-10-19(11-3-14)28-22(15-4-7-17(24)8-5-15)27-21(23(28)29)12-16-6-9-18(25)13-20(16)26/h2-13H,1H3/b21-12+. The maximum absolute atomic E-state index is 13.3. The molecular formula is C23H15BrCl2N2O. The van der Waals surface area contributed by atoms with Crippen LogP contribution in [0.25, 0.3) is 6.08 Å². The number of amides is 1. The number of amidine groups is 1. The second-order valence-corrected chi connectivity index (χ2v) is 8.37. The van der Waals surface area contributed by atoms with Gasteiger partial charge < -0.3 is 0 Å². The molecule has 0 N–H and O–H groups in total. The van der Waals surface area contributed by atoms with E-state index in [0.717, 1.165) is 21.3 Å². The van der Waals surface area contributed by atoms with Gasteiger partial charge in [0.05, 0.1) is 5.69 Å². The molecule has 0 saturated heterocycles. The molecule has 0 atom stereocenters. The number of carbonyl (C=O) groups excluding carboxylic acids is 1. The van der Waals surface area contributed by atoms with Crippen molar-refractivity contribution >= 4 is 62.6 Å². The van der Waals surface area contributed by atoms with Gasteiger partial charge in [0.15, 0.2) is 0 Å². The number of benzene rings is 3. The number of carbonyl (C=O) groups is 1. The normalized spacial score (nSPS) is 15.2. The Bertz CT molecular complexity index is 1150. The van der Waals surface area contributed by atoms with Crippen LogP contribution >= 0.6 is 39.1 Å². The molecule has 1 aliphatic heterocycles. The van der Waals surface area contributed by atoms with Crippen LogP contribution in [0.1, 0.15) is 16.7 Å².